The number of aryl methyl sites for hydroxylation is 1. The van der Waals surface area contributed by atoms with Crippen LogP contribution in [0.1, 0.15) is 43.0 Å². The zero-order chi connectivity index (χ0) is 22.0. The van der Waals surface area contributed by atoms with Crippen LogP contribution < -0.4 is 10.2 Å². The number of nitrogens with zero attached hydrogens (tertiary/aromatic N) is 2. The summed E-state index contributed by atoms with van der Waals surface area (Å²) in [6.07, 6.45) is 3.78. The summed E-state index contributed by atoms with van der Waals surface area (Å²) in [6.45, 7) is 3.52. The van der Waals surface area contributed by atoms with Crippen molar-refractivity contribution in [1.82, 2.24) is 8.87 Å². The van der Waals surface area contributed by atoms with Gasteiger partial charge in [0, 0.05) is 30.9 Å². The van der Waals surface area contributed by atoms with Crippen molar-refractivity contribution in [3.05, 3.63) is 57.7 Å². The number of nitrogens with one attached hydrogen (secondary N) is 1. The van der Waals surface area contributed by atoms with Gasteiger partial charge in [-0.05, 0) is 56.2 Å². The molecule has 31 heavy (non-hydrogen) atoms. The second kappa shape index (κ2) is 8.94. The van der Waals surface area contributed by atoms with Gasteiger partial charge in [-0.15, -0.1) is 0 Å². The molecular formula is C22H25N3O4S2. The predicted molar refractivity (Wildman–Crippen MR) is 123 cm³/mol. The molecule has 0 saturated carbocycles. The average Bonchev–Trinajstić information content (AvgIpc) is 2.92. The third kappa shape index (κ3) is 4.44. The predicted octanol–water partition coefficient (Wildman–Crippen LogP) is 3.90. The Balaban J connectivity index is 1.57. The minimum atomic E-state index is -3.63. The lowest BCUT2D eigenvalue weighted by atomic mass is 10.2. The number of fused-ring (bicyclic) bond motifs is 1. The molecule has 164 valence electrons. The fraction of sp³-hybridized carbons (Fsp3) is 0.364. The second-order valence-electron chi connectivity index (χ2n) is 7.59. The molecule has 1 aliphatic heterocycles. The van der Waals surface area contributed by atoms with Gasteiger partial charge in [0.1, 0.15) is 0 Å². The van der Waals surface area contributed by atoms with Crippen LogP contribution in [0.25, 0.3) is 10.2 Å². The van der Waals surface area contributed by atoms with Crippen molar-refractivity contribution < 1.29 is 13.2 Å². The lowest BCUT2D eigenvalue weighted by Gasteiger charge is -2.20. The average molecular weight is 460 g/mol. The highest BCUT2D eigenvalue weighted by Gasteiger charge is 2.25. The first kappa shape index (κ1) is 21.7. The number of hydrogen-bond donors (Lipinski definition) is 1. The van der Waals surface area contributed by atoms with E-state index in [0.29, 0.717) is 25.3 Å². The molecule has 0 aliphatic carbocycles. The minimum Gasteiger partial charge on any atom is -0.322 e. The molecule has 1 saturated heterocycles. The Hall–Kier alpha value is -2.49. The first-order valence-corrected chi connectivity index (χ1v) is 12.7. The number of hydrogen-bond acceptors (Lipinski definition) is 5. The van der Waals surface area contributed by atoms with E-state index in [0.717, 1.165) is 47.2 Å². The molecule has 0 radical (unpaired) electrons. The van der Waals surface area contributed by atoms with E-state index in [4.69, 9.17) is 0 Å². The first-order valence-electron chi connectivity index (χ1n) is 10.4. The molecule has 0 unspecified atom stereocenters. The van der Waals surface area contributed by atoms with E-state index in [-0.39, 0.29) is 15.3 Å². The van der Waals surface area contributed by atoms with E-state index in [1.54, 1.807) is 28.8 Å². The Labute approximate surface area is 185 Å². The molecule has 9 heteroatoms. The number of anilines is 1. The molecule has 0 spiro atoms. The van der Waals surface area contributed by atoms with Gasteiger partial charge in [-0.25, -0.2) is 8.42 Å². The highest BCUT2D eigenvalue weighted by atomic mass is 32.2. The Kier molecular flexibility index (Phi) is 6.27. The van der Waals surface area contributed by atoms with E-state index in [1.807, 2.05) is 13.0 Å². The van der Waals surface area contributed by atoms with E-state index in [2.05, 4.69) is 5.32 Å². The fourth-order valence-electron chi connectivity index (χ4n) is 3.88. The van der Waals surface area contributed by atoms with Gasteiger partial charge in [-0.1, -0.05) is 30.2 Å². The summed E-state index contributed by atoms with van der Waals surface area (Å²) in [5.41, 5.74) is 1.67. The van der Waals surface area contributed by atoms with Gasteiger partial charge >= 0.3 is 4.87 Å². The fourth-order valence-corrected chi connectivity index (χ4v) is 6.43. The topological polar surface area (TPSA) is 88.5 Å². The minimum absolute atomic E-state index is 0.0348. The summed E-state index contributed by atoms with van der Waals surface area (Å²) in [6, 6.07) is 11.5. The molecule has 2 aromatic carbocycles. The molecule has 1 amide bonds. The zero-order valence-corrected chi connectivity index (χ0v) is 19.0. The lowest BCUT2D eigenvalue weighted by Crippen LogP contribution is -2.32. The molecule has 3 aromatic rings. The van der Waals surface area contributed by atoms with Crippen LogP contribution in [0, 0.1) is 0 Å². The van der Waals surface area contributed by atoms with E-state index >= 15 is 0 Å². The number of benzene rings is 2. The van der Waals surface area contributed by atoms with Crippen LogP contribution in [0.4, 0.5) is 5.69 Å². The molecule has 0 bridgehead atoms. The Morgan fingerprint density at radius 3 is 2.52 bits per heavy atom. The lowest BCUT2D eigenvalue weighted by molar-refractivity contribution is 0.102. The van der Waals surface area contributed by atoms with Crippen molar-refractivity contribution in [2.45, 2.75) is 44.0 Å². The highest BCUT2D eigenvalue weighted by Crippen LogP contribution is 2.24. The van der Waals surface area contributed by atoms with Crippen LogP contribution in [-0.2, 0) is 16.6 Å². The second-order valence-corrected chi connectivity index (χ2v) is 10.5. The normalized spacial score (nSPS) is 15.6. The van der Waals surface area contributed by atoms with Crippen molar-refractivity contribution in [3.63, 3.8) is 0 Å². The summed E-state index contributed by atoms with van der Waals surface area (Å²) < 4.78 is 30.1. The smallest absolute Gasteiger partial charge is 0.308 e. The van der Waals surface area contributed by atoms with Crippen molar-refractivity contribution in [3.8, 4) is 0 Å². The monoisotopic (exact) mass is 459 g/mol. The zero-order valence-electron chi connectivity index (χ0n) is 17.3. The Morgan fingerprint density at radius 2 is 1.81 bits per heavy atom. The van der Waals surface area contributed by atoms with Crippen LogP contribution in [0.15, 0.2) is 52.2 Å². The largest absolute Gasteiger partial charge is 0.322 e. The number of carbonyl (C=O) groups excluding carboxylic acids is 1. The highest BCUT2D eigenvalue weighted by molar-refractivity contribution is 7.89. The summed E-state index contributed by atoms with van der Waals surface area (Å²) in [7, 11) is -3.63. The summed E-state index contributed by atoms with van der Waals surface area (Å²) in [5, 5.41) is 2.81. The number of rotatable bonds is 5. The van der Waals surface area contributed by atoms with Gasteiger partial charge in [-0.2, -0.15) is 4.31 Å². The van der Waals surface area contributed by atoms with Crippen LogP contribution in [0.3, 0.4) is 0 Å². The van der Waals surface area contributed by atoms with Crippen LogP contribution in [0.2, 0.25) is 0 Å². The molecule has 0 atom stereocenters. The maximum absolute atomic E-state index is 13.0. The summed E-state index contributed by atoms with van der Waals surface area (Å²) >= 11 is 1.13. The van der Waals surface area contributed by atoms with Gasteiger partial charge < -0.3 is 5.32 Å². The molecule has 1 fully saturated rings. The third-order valence-corrected chi connectivity index (χ3v) is 8.38. The summed E-state index contributed by atoms with van der Waals surface area (Å²) in [4.78, 5) is 24.9. The standard InChI is InChI=1S/C22H25N3O4S2/c1-2-25-19-11-10-17(15-20(19)30-22(25)27)23-21(26)16-8-7-9-18(14-16)31(28,29)24-12-5-3-4-6-13-24/h7-11,14-15H,2-6,12-13H2,1H3,(H,23,26). The molecule has 7 nitrogen and oxygen atoms in total. The van der Waals surface area contributed by atoms with Crippen LogP contribution >= 0.6 is 11.3 Å². The molecule has 4 rings (SSSR count). The third-order valence-electron chi connectivity index (χ3n) is 5.54. The van der Waals surface area contributed by atoms with Crippen molar-refractivity contribution >= 4 is 43.2 Å². The number of thiazole rings is 1. The Bertz CT molecular complexity index is 1270. The van der Waals surface area contributed by atoms with Gasteiger partial charge in [-0.3, -0.25) is 14.2 Å². The van der Waals surface area contributed by atoms with Gasteiger partial charge in [0.15, 0.2) is 0 Å². The molecule has 1 aliphatic rings. The molecule has 1 aromatic heterocycles. The number of carbonyl (C=O) groups is 1. The maximum Gasteiger partial charge on any atom is 0.308 e. The van der Waals surface area contributed by atoms with Crippen LogP contribution in [-0.4, -0.2) is 36.3 Å². The van der Waals surface area contributed by atoms with Crippen molar-refractivity contribution in [1.29, 1.82) is 0 Å². The van der Waals surface area contributed by atoms with E-state index < -0.39 is 15.9 Å². The number of amides is 1. The molecule has 1 N–H and O–H groups in total. The number of aromatic nitrogens is 1. The SMILES string of the molecule is CCn1c(=O)sc2cc(NC(=O)c3cccc(S(=O)(=O)N4CCCCCC4)c3)ccc21. The van der Waals surface area contributed by atoms with E-state index in [9.17, 15) is 18.0 Å². The van der Waals surface area contributed by atoms with Crippen LogP contribution in [0.5, 0.6) is 0 Å². The summed E-state index contributed by atoms with van der Waals surface area (Å²) in [5.74, 6) is -0.394. The molecular weight excluding hydrogens is 434 g/mol. The van der Waals surface area contributed by atoms with Crippen molar-refractivity contribution in [2.75, 3.05) is 18.4 Å². The quantitative estimate of drug-likeness (QED) is 0.627. The van der Waals surface area contributed by atoms with E-state index in [1.165, 1.54) is 16.4 Å². The Morgan fingerprint density at radius 1 is 1.06 bits per heavy atom. The van der Waals surface area contributed by atoms with Gasteiger partial charge in [0.05, 0.1) is 15.1 Å². The molecule has 2 heterocycles. The maximum atomic E-state index is 13.0. The number of sulfonamides is 1. The van der Waals surface area contributed by atoms with Crippen molar-refractivity contribution in [2.24, 2.45) is 0 Å². The first-order chi connectivity index (χ1) is 14.9. The van der Waals surface area contributed by atoms with Gasteiger partial charge in [0.2, 0.25) is 10.0 Å². The van der Waals surface area contributed by atoms with Gasteiger partial charge in [0.25, 0.3) is 5.91 Å².